The average molecular weight is 408 g/mol. The monoisotopic (exact) mass is 407 g/mol. The molecule has 2 heterocycles. The molecule has 0 unspecified atom stereocenters. The Labute approximate surface area is 168 Å². The van der Waals surface area contributed by atoms with Gasteiger partial charge in [0.2, 0.25) is 5.95 Å². The largest absolute Gasteiger partial charge is 0.369 e. The number of hydrogen-bond acceptors (Lipinski definition) is 6. The molecule has 0 bridgehead atoms. The van der Waals surface area contributed by atoms with Crippen molar-refractivity contribution in [2.45, 2.75) is 20.8 Å². The van der Waals surface area contributed by atoms with Gasteiger partial charge in [0, 0.05) is 30.5 Å². The van der Waals surface area contributed by atoms with Gasteiger partial charge in [-0.3, -0.25) is 0 Å². The Hall–Kier alpha value is -2.09. The molecule has 0 spiro atoms. The van der Waals surface area contributed by atoms with Gasteiger partial charge in [-0.25, -0.2) is 4.98 Å². The summed E-state index contributed by atoms with van der Waals surface area (Å²) in [5.41, 5.74) is 1.63. The molecule has 2 N–H and O–H groups in total. The normalized spacial score (nSPS) is 11.3. The van der Waals surface area contributed by atoms with Crippen LogP contribution in [0.4, 0.5) is 17.5 Å². The number of hydrogen-bond donors (Lipinski definition) is 2. The van der Waals surface area contributed by atoms with Gasteiger partial charge in [0.25, 0.3) is 5.78 Å². The van der Waals surface area contributed by atoms with Crippen LogP contribution in [0.1, 0.15) is 19.5 Å². The Kier molecular flexibility index (Phi) is 6.36. The Morgan fingerprint density at radius 2 is 1.85 bits per heavy atom. The highest BCUT2D eigenvalue weighted by molar-refractivity contribution is 6.42. The van der Waals surface area contributed by atoms with Crippen LogP contribution < -0.4 is 10.6 Å². The minimum Gasteiger partial charge on any atom is -0.369 e. The molecule has 0 aliphatic heterocycles. The molecule has 0 radical (unpaired) electrons. The van der Waals surface area contributed by atoms with Crippen LogP contribution in [0.25, 0.3) is 5.78 Å². The van der Waals surface area contributed by atoms with Crippen molar-refractivity contribution in [1.29, 1.82) is 0 Å². The Balaban J connectivity index is 1.80. The van der Waals surface area contributed by atoms with Crippen LogP contribution in [0.15, 0.2) is 24.3 Å². The van der Waals surface area contributed by atoms with Crippen molar-refractivity contribution >= 4 is 46.4 Å². The van der Waals surface area contributed by atoms with E-state index in [1.54, 1.807) is 16.6 Å². The van der Waals surface area contributed by atoms with Crippen LogP contribution in [0.5, 0.6) is 0 Å². The van der Waals surface area contributed by atoms with Crippen LogP contribution >= 0.6 is 23.2 Å². The smallest absolute Gasteiger partial charge is 0.256 e. The zero-order valence-corrected chi connectivity index (χ0v) is 17.1. The maximum atomic E-state index is 6.07. The lowest BCUT2D eigenvalue weighted by molar-refractivity contribution is 0.316. The second-order valence-electron chi connectivity index (χ2n) is 6.14. The lowest BCUT2D eigenvalue weighted by Crippen LogP contribution is -2.29. The maximum absolute atomic E-state index is 6.07. The maximum Gasteiger partial charge on any atom is 0.256 e. The third kappa shape index (κ3) is 4.80. The first kappa shape index (κ1) is 19.7. The average Bonchev–Trinajstić information content (AvgIpc) is 3.04. The molecule has 144 valence electrons. The molecule has 0 amide bonds. The first-order chi connectivity index (χ1) is 13.0. The van der Waals surface area contributed by atoms with Gasteiger partial charge in [-0.15, -0.1) is 5.10 Å². The lowest BCUT2D eigenvalue weighted by Gasteiger charge is -2.18. The number of fused-ring (bicyclic) bond motifs is 1. The first-order valence-electron chi connectivity index (χ1n) is 8.93. The van der Waals surface area contributed by atoms with Crippen molar-refractivity contribution in [2.24, 2.45) is 0 Å². The van der Waals surface area contributed by atoms with Gasteiger partial charge >= 0.3 is 0 Å². The predicted octanol–water partition coefficient (Wildman–Crippen LogP) is 4.24. The molecule has 9 heteroatoms. The number of aromatic nitrogens is 4. The van der Waals surface area contributed by atoms with E-state index in [0.29, 0.717) is 21.8 Å². The molecule has 3 aromatic rings. The van der Waals surface area contributed by atoms with Gasteiger partial charge in [-0.1, -0.05) is 37.0 Å². The molecule has 0 saturated heterocycles. The van der Waals surface area contributed by atoms with E-state index >= 15 is 0 Å². The first-order valence-corrected chi connectivity index (χ1v) is 9.68. The van der Waals surface area contributed by atoms with E-state index < -0.39 is 0 Å². The molecule has 2 aromatic heterocycles. The van der Waals surface area contributed by atoms with E-state index in [-0.39, 0.29) is 0 Å². The molecule has 0 atom stereocenters. The molecular formula is C18H23Cl2N7. The van der Waals surface area contributed by atoms with Crippen LogP contribution in [0.2, 0.25) is 10.0 Å². The minimum atomic E-state index is 0.443. The number of likely N-dealkylation sites (N-methyl/N-ethyl adjacent to an activating group) is 1. The SMILES string of the molecule is CCN(CC)CCNc1cc(C)nc2nc(Nc3ccc(Cl)c(Cl)c3)nn12. The minimum absolute atomic E-state index is 0.443. The molecule has 3 rings (SSSR count). The van der Waals surface area contributed by atoms with E-state index in [2.05, 4.69) is 44.4 Å². The van der Waals surface area contributed by atoms with E-state index in [0.717, 1.165) is 43.4 Å². The van der Waals surface area contributed by atoms with Gasteiger partial charge < -0.3 is 15.5 Å². The number of aryl methyl sites for hydroxylation is 1. The Morgan fingerprint density at radius 3 is 2.56 bits per heavy atom. The predicted molar refractivity (Wildman–Crippen MR) is 112 cm³/mol. The van der Waals surface area contributed by atoms with Crippen LogP contribution in [0.3, 0.4) is 0 Å². The quantitative estimate of drug-likeness (QED) is 0.581. The summed E-state index contributed by atoms with van der Waals surface area (Å²) in [4.78, 5) is 11.3. The van der Waals surface area contributed by atoms with Crippen LogP contribution in [0, 0.1) is 6.92 Å². The van der Waals surface area contributed by atoms with E-state index in [4.69, 9.17) is 23.2 Å². The molecule has 0 aliphatic carbocycles. The van der Waals surface area contributed by atoms with E-state index in [1.165, 1.54) is 0 Å². The summed E-state index contributed by atoms with van der Waals surface area (Å²) in [5.74, 6) is 1.83. The fourth-order valence-corrected chi connectivity index (χ4v) is 3.05. The van der Waals surface area contributed by atoms with E-state index in [1.807, 2.05) is 19.1 Å². The summed E-state index contributed by atoms with van der Waals surface area (Å²) < 4.78 is 1.70. The molecule has 27 heavy (non-hydrogen) atoms. The summed E-state index contributed by atoms with van der Waals surface area (Å²) in [7, 11) is 0. The Morgan fingerprint density at radius 1 is 1.07 bits per heavy atom. The topological polar surface area (TPSA) is 70.4 Å². The molecule has 1 aromatic carbocycles. The van der Waals surface area contributed by atoms with Crippen molar-refractivity contribution in [3.63, 3.8) is 0 Å². The van der Waals surface area contributed by atoms with Crippen LogP contribution in [-0.4, -0.2) is 50.7 Å². The summed E-state index contributed by atoms with van der Waals surface area (Å²) in [6.07, 6.45) is 0. The van der Waals surface area contributed by atoms with Gasteiger partial charge in [0.15, 0.2) is 0 Å². The summed E-state index contributed by atoms with van der Waals surface area (Å²) >= 11 is 12.0. The second kappa shape index (κ2) is 8.73. The highest BCUT2D eigenvalue weighted by Gasteiger charge is 2.11. The third-order valence-electron chi connectivity index (χ3n) is 4.24. The highest BCUT2D eigenvalue weighted by Crippen LogP contribution is 2.26. The lowest BCUT2D eigenvalue weighted by atomic mass is 10.3. The Bertz CT molecular complexity index is 921. The number of anilines is 3. The summed E-state index contributed by atoms with van der Waals surface area (Å²) in [6.45, 7) is 10.1. The standard InChI is InChI=1S/C18H23Cl2N7/c1-4-26(5-2)9-8-21-16-10-12(3)22-18-24-17(25-27(16)18)23-13-6-7-14(19)15(20)11-13/h6-7,10-11,21H,4-5,8-9H2,1-3H3,(H,23,25). The molecule has 0 saturated carbocycles. The number of halogens is 2. The fourth-order valence-electron chi connectivity index (χ4n) is 2.75. The fraction of sp³-hybridized carbons (Fsp3) is 0.389. The number of rotatable bonds is 8. The second-order valence-corrected chi connectivity index (χ2v) is 6.95. The third-order valence-corrected chi connectivity index (χ3v) is 4.98. The zero-order chi connectivity index (χ0) is 19.4. The summed E-state index contributed by atoms with van der Waals surface area (Å²) in [5, 5.41) is 12.1. The molecular weight excluding hydrogens is 385 g/mol. The van der Waals surface area contributed by atoms with E-state index in [9.17, 15) is 0 Å². The van der Waals surface area contributed by atoms with Gasteiger partial charge in [0.1, 0.15) is 5.82 Å². The number of nitrogens with one attached hydrogen (secondary N) is 2. The zero-order valence-electron chi connectivity index (χ0n) is 15.6. The van der Waals surface area contributed by atoms with Crippen molar-refractivity contribution in [3.8, 4) is 0 Å². The molecule has 0 fully saturated rings. The van der Waals surface area contributed by atoms with Crippen molar-refractivity contribution in [1.82, 2.24) is 24.5 Å². The van der Waals surface area contributed by atoms with Crippen molar-refractivity contribution in [3.05, 3.63) is 40.0 Å². The van der Waals surface area contributed by atoms with Crippen LogP contribution in [-0.2, 0) is 0 Å². The van der Waals surface area contributed by atoms with Gasteiger partial charge in [-0.2, -0.15) is 9.50 Å². The highest BCUT2D eigenvalue weighted by atomic mass is 35.5. The van der Waals surface area contributed by atoms with Crippen molar-refractivity contribution in [2.75, 3.05) is 36.8 Å². The molecule has 7 nitrogen and oxygen atoms in total. The summed E-state index contributed by atoms with van der Waals surface area (Å²) in [6, 6.07) is 7.25. The molecule has 0 aliphatic rings. The number of nitrogens with zero attached hydrogens (tertiary/aromatic N) is 5. The van der Waals surface area contributed by atoms with Gasteiger partial charge in [-0.05, 0) is 38.2 Å². The van der Waals surface area contributed by atoms with Gasteiger partial charge in [0.05, 0.1) is 10.0 Å². The van der Waals surface area contributed by atoms with Crippen molar-refractivity contribution < 1.29 is 0 Å². The number of benzene rings is 1.